The second-order valence-corrected chi connectivity index (χ2v) is 5.38. The molecule has 2 bridgehead atoms. The molecule has 0 radical (unpaired) electrons. The molecule has 4 heteroatoms. The largest absolute Gasteiger partial charge is 0.497 e. The first-order valence-electron chi connectivity index (χ1n) is 7.13. The zero-order valence-electron chi connectivity index (χ0n) is 11.7. The summed E-state index contributed by atoms with van der Waals surface area (Å²) in [4.78, 5) is 14.3. The van der Waals surface area contributed by atoms with Crippen LogP contribution in [0.1, 0.15) is 24.8 Å². The van der Waals surface area contributed by atoms with E-state index in [1.807, 2.05) is 29.2 Å². The van der Waals surface area contributed by atoms with Gasteiger partial charge >= 0.3 is 6.03 Å². The summed E-state index contributed by atoms with van der Waals surface area (Å²) in [6.07, 6.45) is 7.57. The van der Waals surface area contributed by atoms with Crippen molar-refractivity contribution in [2.75, 3.05) is 7.11 Å². The molecule has 2 amide bonds. The molecule has 20 heavy (non-hydrogen) atoms. The number of ether oxygens (including phenoxy) is 1. The lowest BCUT2D eigenvalue weighted by Crippen LogP contribution is -2.47. The molecule has 2 aliphatic rings. The van der Waals surface area contributed by atoms with Gasteiger partial charge in [-0.3, -0.25) is 0 Å². The molecule has 1 fully saturated rings. The number of hydrogen-bond donors (Lipinski definition) is 1. The van der Waals surface area contributed by atoms with Crippen LogP contribution in [0.3, 0.4) is 0 Å². The lowest BCUT2D eigenvalue weighted by atomic mass is 10.1. The monoisotopic (exact) mass is 272 g/mol. The Kier molecular flexibility index (Phi) is 3.63. The molecule has 0 saturated carbocycles. The zero-order valence-corrected chi connectivity index (χ0v) is 11.7. The SMILES string of the molecule is COc1ccc(CNC(=O)N2C3C=CCC2CC3)cc1. The van der Waals surface area contributed by atoms with Crippen LogP contribution in [0.5, 0.6) is 5.75 Å². The lowest BCUT2D eigenvalue weighted by Gasteiger charge is -2.31. The Bertz CT molecular complexity index is 510. The summed E-state index contributed by atoms with van der Waals surface area (Å²) in [6.45, 7) is 0.558. The van der Waals surface area contributed by atoms with Gasteiger partial charge in [0.2, 0.25) is 0 Å². The smallest absolute Gasteiger partial charge is 0.318 e. The van der Waals surface area contributed by atoms with E-state index in [1.165, 1.54) is 0 Å². The van der Waals surface area contributed by atoms with Crippen molar-refractivity contribution in [1.29, 1.82) is 0 Å². The van der Waals surface area contributed by atoms with Gasteiger partial charge in [-0.25, -0.2) is 4.79 Å². The van der Waals surface area contributed by atoms with Gasteiger partial charge in [0.25, 0.3) is 0 Å². The van der Waals surface area contributed by atoms with Gasteiger partial charge in [0.05, 0.1) is 13.2 Å². The van der Waals surface area contributed by atoms with Gasteiger partial charge in [-0.05, 0) is 37.0 Å². The van der Waals surface area contributed by atoms with E-state index in [-0.39, 0.29) is 6.03 Å². The van der Waals surface area contributed by atoms with Gasteiger partial charge in [0.1, 0.15) is 5.75 Å². The highest BCUT2D eigenvalue weighted by molar-refractivity contribution is 5.76. The van der Waals surface area contributed by atoms with Gasteiger partial charge in [-0.2, -0.15) is 0 Å². The van der Waals surface area contributed by atoms with E-state index >= 15 is 0 Å². The van der Waals surface area contributed by atoms with Crippen molar-refractivity contribution in [1.82, 2.24) is 10.2 Å². The second-order valence-electron chi connectivity index (χ2n) is 5.38. The van der Waals surface area contributed by atoms with Crippen LogP contribution in [-0.4, -0.2) is 30.1 Å². The maximum absolute atomic E-state index is 12.3. The maximum atomic E-state index is 12.3. The number of carbonyl (C=O) groups excluding carboxylic acids is 1. The molecular formula is C16H20N2O2. The van der Waals surface area contributed by atoms with E-state index in [2.05, 4.69) is 17.5 Å². The van der Waals surface area contributed by atoms with Crippen molar-refractivity contribution in [3.05, 3.63) is 42.0 Å². The first-order valence-corrected chi connectivity index (χ1v) is 7.13. The van der Waals surface area contributed by atoms with Crippen molar-refractivity contribution in [3.8, 4) is 5.75 Å². The minimum Gasteiger partial charge on any atom is -0.497 e. The summed E-state index contributed by atoms with van der Waals surface area (Å²) in [5.74, 6) is 0.833. The minimum atomic E-state index is 0.0534. The summed E-state index contributed by atoms with van der Waals surface area (Å²) in [7, 11) is 1.65. The molecule has 106 valence electrons. The summed E-state index contributed by atoms with van der Waals surface area (Å²) in [5, 5.41) is 3.02. The lowest BCUT2D eigenvalue weighted by molar-refractivity contribution is 0.178. The van der Waals surface area contributed by atoms with Crippen molar-refractivity contribution < 1.29 is 9.53 Å². The van der Waals surface area contributed by atoms with Crippen LogP contribution in [-0.2, 0) is 6.54 Å². The molecule has 1 aromatic rings. The molecule has 2 unspecified atom stereocenters. The second kappa shape index (κ2) is 5.57. The molecule has 0 aromatic heterocycles. The zero-order chi connectivity index (χ0) is 13.9. The van der Waals surface area contributed by atoms with E-state index < -0.39 is 0 Å². The number of amides is 2. The van der Waals surface area contributed by atoms with Crippen molar-refractivity contribution >= 4 is 6.03 Å². The first kappa shape index (κ1) is 13.0. The van der Waals surface area contributed by atoms with Crippen molar-refractivity contribution in [2.45, 2.75) is 37.9 Å². The predicted molar refractivity (Wildman–Crippen MR) is 77.6 cm³/mol. The van der Waals surface area contributed by atoms with Crippen LogP contribution in [0.4, 0.5) is 4.79 Å². The van der Waals surface area contributed by atoms with Crippen LogP contribution in [0, 0.1) is 0 Å². The molecule has 1 saturated heterocycles. The number of hydrogen-bond acceptors (Lipinski definition) is 2. The van der Waals surface area contributed by atoms with Gasteiger partial charge in [0.15, 0.2) is 0 Å². The average molecular weight is 272 g/mol. The summed E-state index contributed by atoms with van der Waals surface area (Å²) in [6, 6.07) is 8.51. The molecule has 4 nitrogen and oxygen atoms in total. The number of nitrogens with zero attached hydrogens (tertiary/aromatic N) is 1. The number of benzene rings is 1. The van der Waals surface area contributed by atoms with E-state index in [0.717, 1.165) is 30.6 Å². The van der Waals surface area contributed by atoms with E-state index in [0.29, 0.717) is 18.6 Å². The van der Waals surface area contributed by atoms with Crippen LogP contribution in [0.15, 0.2) is 36.4 Å². The summed E-state index contributed by atoms with van der Waals surface area (Å²) < 4.78 is 5.12. The standard InChI is InChI=1S/C16H20N2O2/c1-20-15-9-5-12(6-10-15)11-17-16(19)18-13-3-2-4-14(18)8-7-13/h2-3,5-6,9-10,13-14H,4,7-8,11H2,1H3,(H,17,19). The molecule has 1 aromatic carbocycles. The number of carbonyl (C=O) groups is 1. The van der Waals surface area contributed by atoms with E-state index in [9.17, 15) is 4.79 Å². The van der Waals surface area contributed by atoms with Gasteiger partial charge < -0.3 is 15.0 Å². The van der Waals surface area contributed by atoms with Crippen LogP contribution < -0.4 is 10.1 Å². The molecule has 0 spiro atoms. The highest BCUT2D eigenvalue weighted by Crippen LogP contribution is 2.31. The number of nitrogens with one attached hydrogen (secondary N) is 1. The number of urea groups is 1. The van der Waals surface area contributed by atoms with Gasteiger partial charge in [-0.1, -0.05) is 24.3 Å². The molecule has 3 rings (SSSR count). The van der Waals surface area contributed by atoms with E-state index in [4.69, 9.17) is 4.74 Å². The molecule has 0 aliphatic carbocycles. The average Bonchev–Trinajstić information content (AvgIpc) is 2.75. The quantitative estimate of drug-likeness (QED) is 0.860. The number of methoxy groups -OCH3 is 1. The molecule has 2 heterocycles. The summed E-state index contributed by atoms with van der Waals surface area (Å²) in [5.41, 5.74) is 1.08. The fraction of sp³-hybridized carbons (Fsp3) is 0.438. The normalized spacial score (nSPS) is 23.8. The number of fused-ring (bicyclic) bond motifs is 2. The highest BCUT2D eigenvalue weighted by Gasteiger charge is 2.36. The van der Waals surface area contributed by atoms with Crippen LogP contribution in [0.2, 0.25) is 0 Å². The topological polar surface area (TPSA) is 41.6 Å². The third kappa shape index (κ3) is 2.50. The van der Waals surface area contributed by atoms with Gasteiger partial charge in [0, 0.05) is 12.6 Å². The third-order valence-electron chi connectivity index (χ3n) is 4.15. The highest BCUT2D eigenvalue weighted by atomic mass is 16.5. The Morgan fingerprint density at radius 2 is 2.15 bits per heavy atom. The number of rotatable bonds is 3. The predicted octanol–water partition coefficient (Wildman–Crippen LogP) is 2.70. The Morgan fingerprint density at radius 1 is 1.35 bits per heavy atom. The first-order chi connectivity index (χ1) is 9.78. The summed E-state index contributed by atoms with van der Waals surface area (Å²) >= 11 is 0. The van der Waals surface area contributed by atoms with E-state index in [1.54, 1.807) is 7.11 Å². The van der Waals surface area contributed by atoms with Crippen LogP contribution in [0.25, 0.3) is 0 Å². The fourth-order valence-electron chi connectivity index (χ4n) is 3.05. The Morgan fingerprint density at radius 3 is 2.85 bits per heavy atom. The minimum absolute atomic E-state index is 0.0534. The fourth-order valence-corrected chi connectivity index (χ4v) is 3.05. The Balaban J connectivity index is 1.58. The van der Waals surface area contributed by atoms with Gasteiger partial charge in [-0.15, -0.1) is 0 Å². The molecule has 1 N–H and O–H groups in total. The third-order valence-corrected chi connectivity index (χ3v) is 4.15. The Labute approximate surface area is 119 Å². The van der Waals surface area contributed by atoms with Crippen LogP contribution >= 0.6 is 0 Å². The molecule has 2 atom stereocenters. The molecule has 2 aliphatic heterocycles. The maximum Gasteiger partial charge on any atom is 0.318 e. The van der Waals surface area contributed by atoms with Crippen molar-refractivity contribution in [3.63, 3.8) is 0 Å². The van der Waals surface area contributed by atoms with Crippen molar-refractivity contribution in [2.24, 2.45) is 0 Å². The molecular weight excluding hydrogens is 252 g/mol. The Hall–Kier alpha value is -1.97.